The summed E-state index contributed by atoms with van der Waals surface area (Å²) in [5.74, 6) is 0.0570. The van der Waals surface area contributed by atoms with Gasteiger partial charge in [-0.15, -0.1) is 11.3 Å². The van der Waals surface area contributed by atoms with Gasteiger partial charge in [-0.2, -0.15) is 0 Å². The maximum atomic E-state index is 11.7. The van der Waals surface area contributed by atoms with E-state index in [1.165, 1.54) is 4.88 Å². The SMILES string of the molecule is O=C(CCOC1CCNCC1)NCCc1ccc(Cl)s1. The Labute approximate surface area is 128 Å². The Balaban J connectivity index is 1.51. The van der Waals surface area contributed by atoms with Crippen LogP contribution in [0.15, 0.2) is 12.1 Å². The van der Waals surface area contributed by atoms with E-state index in [0.717, 1.165) is 36.7 Å². The first-order valence-corrected chi connectivity index (χ1v) is 8.27. The first-order chi connectivity index (χ1) is 9.74. The predicted octanol–water partition coefficient (Wildman–Crippen LogP) is 2.22. The molecule has 4 nitrogen and oxygen atoms in total. The number of thiophene rings is 1. The molecule has 0 unspecified atom stereocenters. The van der Waals surface area contributed by atoms with Crippen molar-refractivity contribution in [3.8, 4) is 0 Å². The number of rotatable bonds is 7. The molecule has 112 valence electrons. The third-order valence-corrected chi connectivity index (χ3v) is 4.58. The van der Waals surface area contributed by atoms with Gasteiger partial charge < -0.3 is 15.4 Å². The molecule has 2 rings (SSSR count). The molecule has 1 fully saturated rings. The number of halogens is 1. The minimum Gasteiger partial charge on any atom is -0.378 e. The summed E-state index contributed by atoms with van der Waals surface area (Å²) in [4.78, 5) is 12.8. The first kappa shape index (κ1) is 15.8. The summed E-state index contributed by atoms with van der Waals surface area (Å²) >= 11 is 7.41. The van der Waals surface area contributed by atoms with Crippen molar-refractivity contribution in [1.82, 2.24) is 10.6 Å². The highest BCUT2D eigenvalue weighted by molar-refractivity contribution is 7.16. The van der Waals surface area contributed by atoms with E-state index in [-0.39, 0.29) is 5.91 Å². The first-order valence-electron chi connectivity index (χ1n) is 7.07. The van der Waals surface area contributed by atoms with Crippen molar-refractivity contribution in [2.24, 2.45) is 0 Å². The van der Waals surface area contributed by atoms with Crippen molar-refractivity contribution in [2.75, 3.05) is 26.2 Å². The summed E-state index contributed by atoms with van der Waals surface area (Å²) in [7, 11) is 0. The zero-order chi connectivity index (χ0) is 14.2. The molecule has 1 saturated heterocycles. The Hall–Kier alpha value is -0.620. The van der Waals surface area contributed by atoms with Crippen molar-refractivity contribution in [3.63, 3.8) is 0 Å². The van der Waals surface area contributed by atoms with Crippen LogP contribution in [0.5, 0.6) is 0 Å². The predicted molar refractivity (Wildman–Crippen MR) is 82.5 cm³/mol. The summed E-state index contributed by atoms with van der Waals surface area (Å²) in [5.41, 5.74) is 0. The van der Waals surface area contributed by atoms with E-state index in [0.29, 0.717) is 25.7 Å². The van der Waals surface area contributed by atoms with E-state index >= 15 is 0 Å². The van der Waals surface area contributed by atoms with E-state index in [1.54, 1.807) is 11.3 Å². The highest BCUT2D eigenvalue weighted by Crippen LogP contribution is 2.21. The fraction of sp³-hybridized carbons (Fsp3) is 0.643. The topological polar surface area (TPSA) is 50.4 Å². The van der Waals surface area contributed by atoms with Gasteiger partial charge in [0.15, 0.2) is 0 Å². The zero-order valence-electron chi connectivity index (χ0n) is 11.5. The number of nitrogens with one attached hydrogen (secondary N) is 2. The molecule has 0 spiro atoms. The van der Waals surface area contributed by atoms with Crippen molar-refractivity contribution in [2.45, 2.75) is 31.8 Å². The number of carbonyl (C=O) groups is 1. The van der Waals surface area contributed by atoms with Crippen LogP contribution in [0, 0.1) is 0 Å². The number of hydrogen-bond acceptors (Lipinski definition) is 4. The minimum atomic E-state index is 0.0570. The molecule has 0 saturated carbocycles. The van der Waals surface area contributed by atoms with Gasteiger partial charge >= 0.3 is 0 Å². The standard InChI is InChI=1S/C14H21ClN2O2S/c15-13-2-1-12(20-13)5-9-17-14(18)6-10-19-11-3-7-16-8-4-11/h1-2,11,16H,3-10H2,(H,17,18). The molecule has 1 aliphatic heterocycles. The second-order valence-electron chi connectivity index (χ2n) is 4.88. The Bertz CT molecular complexity index is 419. The molecule has 20 heavy (non-hydrogen) atoms. The molecule has 1 aromatic rings. The molecule has 1 aromatic heterocycles. The molecule has 0 atom stereocenters. The van der Waals surface area contributed by atoms with E-state index in [4.69, 9.17) is 16.3 Å². The summed E-state index contributed by atoms with van der Waals surface area (Å²) < 4.78 is 6.50. The van der Waals surface area contributed by atoms with Crippen molar-refractivity contribution < 1.29 is 9.53 Å². The highest BCUT2D eigenvalue weighted by atomic mass is 35.5. The number of amides is 1. The van der Waals surface area contributed by atoms with Crippen LogP contribution in [0.4, 0.5) is 0 Å². The monoisotopic (exact) mass is 316 g/mol. The second-order valence-corrected chi connectivity index (χ2v) is 6.68. The smallest absolute Gasteiger partial charge is 0.222 e. The number of carbonyl (C=O) groups excluding carboxylic acids is 1. The van der Waals surface area contributed by atoms with Crippen LogP contribution in [-0.2, 0) is 16.0 Å². The Morgan fingerprint density at radius 1 is 1.45 bits per heavy atom. The van der Waals surface area contributed by atoms with Crippen LogP contribution in [0.3, 0.4) is 0 Å². The fourth-order valence-electron chi connectivity index (χ4n) is 2.18. The van der Waals surface area contributed by atoms with Gasteiger partial charge in [0.25, 0.3) is 0 Å². The number of piperidine rings is 1. The van der Waals surface area contributed by atoms with Crippen LogP contribution in [0.2, 0.25) is 4.34 Å². The molecular weight excluding hydrogens is 296 g/mol. The number of hydrogen-bond donors (Lipinski definition) is 2. The molecule has 2 heterocycles. The lowest BCUT2D eigenvalue weighted by molar-refractivity contribution is -0.122. The molecular formula is C14H21ClN2O2S. The quantitative estimate of drug-likeness (QED) is 0.811. The van der Waals surface area contributed by atoms with Crippen molar-refractivity contribution in [1.29, 1.82) is 0 Å². The summed E-state index contributed by atoms with van der Waals surface area (Å²) in [5, 5.41) is 6.20. The molecule has 0 aliphatic carbocycles. The molecule has 2 N–H and O–H groups in total. The lowest BCUT2D eigenvalue weighted by atomic mass is 10.1. The molecule has 0 aromatic carbocycles. The van der Waals surface area contributed by atoms with Crippen LogP contribution < -0.4 is 10.6 Å². The van der Waals surface area contributed by atoms with Gasteiger partial charge in [-0.3, -0.25) is 4.79 Å². The van der Waals surface area contributed by atoms with Crippen LogP contribution in [0.25, 0.3) is 0 Å². The lowest BCUT2D eigenvalue weighted by Gasteiger charge is -2.22. The fourth-order valence-corrected chi connectivity index (χ4v) is 3.27. The van der Waals surface area contributed by atoms with Crippen LogP contribution in [0.1, 0.15) is 24.1 Å². The van der Waals surface area contributed by atoms with Crippen LogP contribution >= 0.6 is 22.9 Å². The van der Waals surface area contributed by atoms with Gasteiger partial charge in [0, 0.05) is 17.8 Å². The van der Waals surface area contributed by atoms with Gasteiger partial charge in [-0.25, -0.2) is 0 Å². The van der Waals surface area contributed by atoms with Crippen molar-refractivity contribution >= 4 is 28.8 Å². The summed E-state index contributed by atoms with van der Waals surface area (Å²) in [6, 6.07) is 3.88. The number of ether oxygens (including phenoxy) is 1. The minimum absolute atomic E-state index is 0.0570. The summed E-state index contributed by atoms with van der Waals surface area (Å²) in [6.07, 6.45) is 3.67. The normalized spacial score (nSPS) is 16.2. The van der Waals surface area contributed by atoms with Crippen molar-refractivity contribution in [3.05, 3.63) is 21.3 Å². The van der Waals surface area contributed by atoms with Gasteiger partial charge in [-0.1, -0.05) is 11.6 Å². The van der Waals surface area contributed by atoms with E-state index in [1.807, 2.05) is 12.1 Å². The molecule has 0 bridgehead atoms. The summed E-state index contributed by atoms with van der Waals surface area (Å²) in [6.45, 7) is 3.20. The zero-order valence-corrected chi connectivity index (χ0v) is 13.1. The third kappa shape index (κ3) is 5.79. The third-order valence-electron chi connectivity index (χ3n) is 3.29. The lowest BCUT2D eigenvalue weighted by Crippen LogP contribution is -2.33. The molecule has 1 aliphatic rings. The highest BCUT2D eigenvalue weighted by Gasteiger charge is 2.13. The maximum absolute atomic E-state index is 11.7. The average Bonchev–Trinajstić information content (AvgIpc) is 2.86. The van der Waals surface area contributed by atoms with E-state index in [9.17, 15) is 4.79 Å². The van der Waals surface area contributed by atoms with Gasteiger partial charge in [-0.05, 0) is 44.5 Å². The Morgan fingerprint density at radius 2 is 2.25 bits per heavy atom. The van der Waals surface area contributed by atoms with Gasteiger partial charge in [0.2, 0.25) is 5.91 Å². The molecule has 0 radical (unpaired) electrons. The van der Waals surface area contributed by atoms with E-state index in [2.05, 4.69) is 10.6 Å². The Kier molecular flexibility index (Phi) is 6.79. The van der Waals surface area contributed by atoms with E-state index < -0.39 is 0 Å². The average molecular weight is 317 g/mol. The van der Waals surface area contributed by atoms with Crippen LogP contribution in [-0.4, -0.2) is 38.3 Å². The van der Waals surface area contributed by atoms with Gasteiger partial charge in [0.1, 0.15) is 0 Å². The Morgan fingerprint density at radius 3 is 2.95 bits per heavy atom. The second kappa shape index (κ2) is 8.62. The largest absolute Gasteiger partial charge is 0.378 e. The molecule has 6 heteroatoms. The molecule has 1 amide bonds. The van der Waals surface area contributed by atoms with Gasteiger partial charge in [0.05, 0.1) is 17.0 Å². The maximum Gasteiger partial charge on any atom is 0.222 e.